The van der Waals surface area contributed by atoms with E-state index < -0.39 is 10.0 Å². The summed E-state index contributed by atoms with van der Waals surface area (Å²) >= 11 is 0. The van der Waals surface area contributed by atoms with Crippen molar-refractivity contribution in [2.75, 3.05) is 11.4 Å². The zero-order chi connectivity index (χ0) is 14.0. The molecule has 0 fully saturated rings. The van der Waals surface area contributed by atoms with Crippen molar-refractivity contribution < 1.29 is 13.2 Å². The molecule has 0 saturated heterocycles. The maximum atomic E-state index is 11.8. The normalized spacial score (nSPS) is 15.3. The Morgan fingerprint density at radius 3 is 2.32 bits per heavy atom. The lowest BCUT2D eigenvalue weighted by atomic mass is 10.3. The molecule has 0 saturated carbocycles. The third-order valence-corrected chi connectivity index (χ3v) is 4.23. The number of hydrogen-bond donors (Lipinski definition) is 1. The van der Waals surface area contributed by atoms with Crippen LogP contribution >= 0.6 is 0 Å². The monoisotopic (exact) mass is 278 g/mol. The van der Waals surface area contributed by atoms with Crippen LogP contribution in [0.15, 0.2) is 53.6 Å². The lowest BCUT2D eigenvalue weighted by molar-refractivity contribution is -0.113. The van der Waals surface area contributed by atoms with Gasteiger partial charge in [-0.15, -0.1) is 0 Å². The van der Waals surface area contributed by atoms with Gasteiger partial charge in [-0.2, -0.15) is 0 Å². The van der Waals surface area contributed by atoms with Crippen molar-refractivity contribution in [1.29, 1.82) is 0 Å². The summed E-state index contributed by atoms with van der Waals surface area (Å²) in [5.41, 5.74) is 1.16. The van der Waals surface area contributed by atoms with E-state index in [1.165, 1.54) is 23.1 Å². The molecule has 0 aliphatic carbocycles. The van der Waals surface area contributed by atoms with E-state index in [9.17, 15) is 13.2 Å². The molecular weight excluding hydrogens is 264 g/mol. The van der Waals surface area contributed by atoms with Crippen LogP contribution in [0.1, 0.15) is 6.92 Å². The minimum atomic E-state index is -3.47. The van der Waals surface area contributed by atoms with Crippen molar-refractivity contribution >= 4 is 21.6 Å². The fourth-order valence-corrected chi connectivity index (χ4v) is 2.84. The van der Waals surface area contributed by atoms with E-state index in [0.29, 0.717) is 17.9 Å². The molecule has 1 aliphatic heterocycles. The Kier molecular flexibility index (Phi) is 3.55. The van der Waals surface area contributed by atoms with Gasteiger partial charge in [-0.1, -0.05) is 13.5 Å². The number of amides is 1. The fraction of sp³-hybridized carbons (Fsp3) is 0.154. The molecule has 0 atom stereocenters. The summed E-state index contributed by atoms with van der Waals surface area (Å²) in [5.74, 6) is -0.188. The molecule has 1 aliphatic rings. The number of nitrogens with one attached hydrogen (secondary N) is 1. The van der Waals surface area contributed by atoms with Gasteiger partial charge in [0.15, 0.2) is 0 Å². The number of nitrogens with zero attached hydrogens (tertiary/aromatic N) is 1. The number of hydrogen-bond acceptors (Lipinski definition) is 3. The van der Waals surface area contributed by atoms with Gasteiger partial charge in [0.05, 0.1) is 4.90 Å². The van der Waals surface area contributed by atoms with Crippen molar-refractivity contribution in [2.24, 2.45) is 0 Å². The minimum absolute atomic E-state index is 0.170. The van der Waals surface area contributed by atoms with Crippen LogP contribution in [0.25, 0.3) is 0 Å². The summed E-state index contributed by atoms with van der Waals surface area (Å²) in [6, 6.07) is 6.10. The standard InChI is InChI=1S/C13H14N2O3S/c1-3-14-19(17,18)12-7-5-11(6-8-12)15-10(2)4-9-13(15)16/h4-9,14H,2-3H2,1H3. The first-order valence-corrected chi connectivity index (χ1v) is 7.25. The van der Waals surface area contributed by atoms with Gasteiger partial charge in [0.2, 0.25) is 10.0 Å². The van der Waals surface area contributed by atoms with E-state index in [1.54, 1.807) is 25.1 Å². The van der Waals surface area contributed by atoms with Gasteiger partial charge >= 0.3 is 0 Å². The van der Waals surface area contributed by atoms with Crippen molar-refractivity contribution in [2.45, 2.75) is 11.8 Å². The predicted molar refractivity (Wildman–Crippen MR) is 73.1 cm³/mol. The average molecular weight is 278 g/mol. The van der Waals surface area contributed by atoms with E-state index in [1.807, 2.05) is 0 Å². The van der Waals surface area contributed by atoms with Gasteiger partial charge in [0.25, 0.3) is 5.91 Å². The summed E-state index contributed by atoms with van der Waals surface area (Å²) in [4.78, 5) is 13.2. The Balaban J connectivity index is 2.29. The largest absolute Gasteiger partial charge is 0.278 e. The molecule has 0 bridgehead atoms. The van der Waals surface area contributed by atoms with Crippen molar-refractivity contribution in [1.82, 2.24) is 4.72 Å². The molecular formula is C13H14N2O3S. The molecule has 19 heavy (non-hydrogen) atoms. The Morgan fingerprint density at radius 1 is 1.21 bits per heavy atom. The molecule has 1 amide bonds. The lowest BCUT2D eigenvalue weighted by Gasteiger charge is -2.17. The maximum absolute atomic E-state index is 11.8. The van der Waals surface area contributed by atoms with E-state index in [-0.39, 0.29) is 10.8 Å². The summed E-state index contributed by atoms with van der Waals surface area (Å²) in [6.45, 7) is 5.79. The molecule has 0 aromatic heterocycles. The fourth-order valence-electron chi connectivity index (χ4n) is 1.80. The van der Waals surface area contributed by atoms with Crippen LogP contribution in [0, 0.1) is 0 Å². The Morgan fingerprint density at radius 2 is 1.84 bits per heavy atom. The third-order valence-electron chi connectivity index (χ3n) is 2.67. The smallest absolute Gasteiger partial charge is 0.255 e. The number of anilines is 1. The average Bonchev–Trinajstić information content (AvgIpc) is 2.69. The Labute approximate surface area is 112 Å². The second-order valence-electron chi connectivity index (χ2n) is 3.99. The molecule has 1 aromatic rings. The van der Waals surface area contributed by atoms with Gasteiger partial charge in [0, 0.05) is 24.0 Å². The van der Waals surface area contributed by atoms with Crippen molar-refractivity contribution in [3.63, 3.8) is 0 Å². The van der Waals surface area contributed by atoms with Crippen LogP contribution in [0.4, 0.5) is 5.69 Å². The summed E-state index contributed by atoms with van der Waals surface area (Å²) in [7, 11) is -3.47. The van der Waals surface area contributed by atoms with E-state index >= 15 is 0 Å². The van der Waals surface area contributed by atoms with E-state index in [2.05, 4.69) is 11.3 Å². The molecule has 100 valence electrons. The SMILES string of the molecule is C=C1C=CC(=O)N1c1ccc(S(=O)(=O)NCC)cc1. The predicted octanol–water partition coefficient (Wildman–Crippen LogP) is 1.40. The highest BCUT2D eigenvalue weighted by molar-refractivity contribution is 7.89. The Hall–Kier alpha value is -1.92. The molecule has 1 aromatic carbocycles. The second-order valence-corrected chi connectivity index (χ2v) is 5.76. The highest BCUT2D eigenvalue weighted by Crippen LogP contribution is 2.25. The van der Waals surface area contributed by atoms with Gasteiger partial charge in [-0.25, -0.2) is 13.1 Å². The summed E-state index contributed by atoms with van der Waals surface area (Å²) < 4.78 is 26.0. The third kappa shape index (κ3) is 2.59. The zero-order valence-corrected chi connectivity index (χ0v) is 11.3. The van der Waals surface area contributed by atoms with Crippen LogP contribution < -0.4 is 9.62 Å². The number of benzene rings is 1. The topological polar surface area (TPSA) is 66.5 Å². The van der Waals surface area contributed by atoms with Crippen LogP contribution in [-0.4, -0.2) is 20.9 Å². The molecule has 6 heteroatoms. The van der Waals surface area contributed by atoms with Gasteiger partial charge < -0.3 is 0 Å². The summed E-state index contributed by atoms with van der Waals surface area (Å²) in [5, 5.41) is 0. The number of allylic oxidation sites excluding steroid dienone is 1. The molecule has 1 N–H and O–H groups in total. The zero-order valence-electron chi connectivity index (χ0n) is 10.5. The van der Waals surface area contributed by atoms with E-state index in [4.69, 9.17) is 0 Å². The summed E-state index contributed by atoms with van der Waals surface area (Å²) in [6.07, 6.45) is 3.04. The lowest BCUT2D eigenvalue weighted by Crippen LogP contribution is -2.24. The van der Waals surface area contributed by atoms with Gasteiger partial charge in [0.1, 0.15) is 0 Å². The van der Waals surface area contributed by atoms with Gasteiger partial charge in [-0.3, -0.25) is 9.69 Å². The quantitative estimate of drug-likeness (QED) is 0.905. The van der Waals surface area contributed by atoms with Crippen molar-refractivity contribution in [3.05, 3.63) is 48.7 Å². The Bertz CT molecular complexity index is 627. The van der Waals surface area contributed by atoms with Crippen LogP contribution in [0.2, 0.25) is 0 Å². The number of carbonyl (C=O) groups is 1. The highest BCUT2D eigenvalue weighted by atomic mass is 32.2. The van der Waals surface area contributed by atoms with Crippen LogP contribution in [0.3, 0.4) is 0 Å². The number of carbonyl (C=O) groups excluding carboxylic acids is 1. The van der Waals surface area contributed by atoms with Gasteiger partial charge in [-0.05, 0) is 30.3 Å². The number of rotatable bonds is 4. The second kappa shape index (κ2) is 4.99. The first kappa shape index (κ1) is 13.5. The van der Waals surface area contributed by atoms with E-state index in [0.717, 1.165) is 0 Å². The molecule has 0 radical (unpaired) electrons. The highest BCUT2D eigenvalue weighted by Gasteiger charge is 2.21. The maximum Gasteiger partial charge on any atom is 0.255 e. The van der Waals surface area contributed by atoms with Crippen LogP contribution in [-0.2, 0) is 14.8 Å². The molecule has 5 nitrogen and oxygen atoms in total. The molecule has 0 spiro atoms. The molecule has 2 rings (SSSR count). The molecule has 1 heterocycles. The van der Waals surface area contributed by atoms with Crippen molar-refractivity contribution in [3.8, 4) is 0 Å². The first-order valence-electron chi connectivity index (χ1n) is 5.76. The molecule has 0 unspecified atom stereocenters. The number of sulfonamides is 1. The first-order chi connectivity index (χ1) is 8.95. The van der Waals surface area contributed by atoms with Crippen LogP contribution in [0.5, 0.6) is 0 Å². The minimum Gasteiger partial charge on any atom is -0.278 e.